The van der Waals surface area contributed by atoms with Gasteiger partial charge < -0.3 is 15.5 Å². The molecule has 0 aliphatic carbocycles. The number of aromatic hydroxyl groups is 1. The molecule has 0 aliphatic heterocycles. The fraction of sp³-hybridized carbons (Fsp3) is 0.385. The van der Waals surface area contributed by atoms with E-state index in [1.165, 1.54) is 12.1 Å². The number of para-hydroxylation sites is 1. The third kappa shape index (κ3) is 3.76. The largest absolute Gasteiger partial charge is 0.507 e. The van der Waals surface area contributed by atoms with Gasteiger partial charge in [0.05, 0.1) is 12.0 Å². The normalized spacial score (nSPS) is 12.2. The Morgan fingerprint density at radius 1 is 1.28 bits per heavy atom. The smallest absolute Gasteiger partial charge is 0.305 e. The van der Waals surface area contributed by atoms with Crippen LogP contribution < -0.4 is 5.32 Å². The zero-order valence-corrected chi connectivity index (χ0v) is 10.4. The van der Waals surface area contributed by atoms with E-state index in [0.29, 0.717) is 0 Å². The number of hydrogen-bond acceptors (Lipinski definition) is 3. The molecule has 98 valence electrons. The summed E-state index contributed by atoms with van der Waals surface area (Å²) in [6, 6.07) is 5.69. The standard InChI is InChI=1S/C13H17NO4/c1-8(2)10(7-12(16)17)14-13(18)9-5-3-4-6-11(9)15/h3-6,8,10,15H,7H2,1-2H3,(H,14,18)(H,16,17). The van der Waals surface area contributed by atoms with E-state index >= 15 is 0 Å². The van der Waals surface area contributed by atoms with Crippen LogP contribution in [-0.2, 0) is 4.79 Å². The molecule has 1 atom stereocenters. The van der Waals surface area contributed by atoms with Gasteiger partial charge in [0.15, 0.2) is 0 Å². The topological polar surface area (TPSA) is 86.6 Å². The van der Waals surface area contributed by atoms with E-state index in [2.05, 4.69) is 5.32 Å². The molecule has 1 aromatic rings. The molecule has 3 N–H and O–H groups in total. The number of amides is 1. The van der Waals surface area contributed by atoms with Crippen LogP contribution in [0.5, 0.6) is 5.75 Å². The van der Waals surface area contributed by atoms with Gasteiger partial charge in [-0.05, 0) is 18.1 Å². The lowest BCUT2D eigenvalue weighted by atomic mass is 10.0. The Hall–Kier alpha value is -2.04. The number of carboxylic acids is 1. The van der Waals surface area contributed by atoms with Gasteiger partial charge in [-0.3, -0.25) is 9.59 Å². The summed E-state index contributed by atoms with van der Waals surface area (Å²) >= 11 is 0. The monoisotopic (exact) mass is 251 g/mol. The molecule has 1 amide bonds. The summed E-state index contributed by atoms with van der Waals surface area (Å²) in [5.41, 5.74) is 0.147. The molecule has 0 aromatic heterocycles. The van der Waals surface area contributed by atoms with Crippen LogP contribution >= 0.6 is 0 Å². The van der Waals surface area contributed by atoms with Crippen molar-refractivity contribution in [1.82, 2.24) is 5.32 Å². The zero-order valence-electron chi connectivity index (χ0n) is 10.4. The number of rotatable bonds is 5. The summed E-state index contributed by atoms with van der Waals surface area (Å²) < 4.78 is 0. The highest BCUT2D eigenvalue weighted by molar-refractivity contribution is 5.97. The maximum atomic E-state index is 11.9. The van der Waals surface area contributed by atoms with Crippen LogP contribution in [0.15, 0.2) is 24.3 Å². The first kappa shape index (κ1) is 14.0. The molecule has 1 unspecified atom stereocenters. The first-order valence-electron chi connectivity index (χ1n) is 5.72. The van der Waals surface area contributed by atoms with Gasteiger partial charge in [0, 0.05) is 6.04 Å². The second-order valence-electron chi connectivity index (χ2n) is 4.44. The van der Waals surface area contributed by atoms with E-state index < -0.39 is 17.9 Å². The molecule has 0 fully saturated rings. The molecule has 0 bridgehead atoms. The van der Waals surface area contributed by atoms with Gasteiger partial charge in [0.2, 0.25) is 0 Å². The number of aliphatic carboxylic acids is 1. The Morgan fingerprint density at radius 3 is 2.39 bits per heavy atom. The lowest BCUT2D eigenvalue weighted by Gasteiger charge is -2.20. The minimum absolute atomic E-state index is 0.00379. The molecule has 0 heterocycles. The summed E-state index contributed by atoms with van der Waals surface area (Å²) in [4.78, 5) is 22.6. The van der Waals surface area contributed by atoms with Crippen molar-refractivity contribution in [3.05, 3.63) is 29.8 Å². The highest BCUT2D eigenvalue weighted by Gasteiger charge is 2.21. The van der Waals surface area contributed by atoms with Gasteiger partial charge in [-0.2, -0.15) is 0 Å². The molecule has 0 aliphatic rings. The van der Waals surface area contributed by atoms with Crippen LogP contribution in [0.1, 0.15) is 30.6 Å². The van der Waals surface area contributed by atoms with Crippen molar-refractivity contribution in [3.8, 4) is 5.75 Å². The van der Waals surface area contributed by atoms with Crippen molar-refractivity contribution >= 4 is 11.9 Å². The summed E-state index contributed by atoms with van der Waals surface area (Å²) in [5, 5.41) is 20.9. The molecule has 0 spiro atoms. The van der Waals surface area contributed by atoms with E-state index in [1.54, 1.807) is 12.1 Å². The minimum Gasteiger partial charge on any atom is -0.507 e. The van der Waals surface area contributed by atoms with Crippen LogP contribution in [0, 0.1) is 5.92 Å². The van der Waals surface area contributed by atoms with Gasteiger partial charge in [0.25, 0.3) is 5.91 Å². The predicted octanol–water partition coefficient (Wildman–Crippen LogP) is 1.62. The number of hydrogen-bond donors (Lipinski definition) is 3. The van der Waals surface area contributed by atoms with Crippen LogP contribution in [0.3, 0.4) is 0 Å². The Bertz CT molecular complexity index is 442. The zero-order chi connectivity index (χ0) is 13.7. The van der Waals surface area contributed by atoms with E-state index in [9.17, 15) is 14.7 Å². The number of carbonyl (C=O) groups is 2. The minimum atomic E-state index is -0.966. The maximum Gasteiger partial charge on any atom is 0.305 e. The molecule has 5 heteroatoms. The molecular formula is C13H17NO4. The van der Waals surface area contributed by atoms with Gasteiger partial charge in [-0.15, -0.1) is 0 Å². The number of nitrogens with one attached hydrogen (secondary N) is 1. The molecule has 0 radical (unpaired) electrons. The third-order valence-corrected chi connectivity index (χ3v) is 2.66. The lowest BCUT2D eigenvalue weighted by Crippen LogP contribution is -2.40. The van der Waals surface area contributed by atoms with Crippen molar-refractivity contribution in [2.45, 2.75) is 26.3 Å². The highest BCUT2D eigenvalue weighted by Crippen LogP contribution is 2.16. The van der Waals surface area contributed by atoms with Crippen molar-refractivity contribution < 1.29 is 19.8 Å². The quantitative estimate of drug-likeness (QED) is 0.742. The summed E-state index contributed by atoms with van der Waals surface area (Å²) in [7, 11) is 0. The molecular weight excluding hydrogens is 234 g/mol. The number of phenolic OH excluding ortho intramolecular Hbond substituents is 1. The molecule has 18 heavy (non-hydrogen) atoms. The maximum absolute atomic E-state index is 11.9. The van der Waals surface area contributed by atoms with Crippen molar-refractivity contribution in [3.63, 3.8) is 0 Å². The van der Waals surface area contributed by atoms with E-state index in [4.69, 9.17) is 5.11 Å². The Morgan fingerprint density at radius 2 is 1.89 bits per heavy atom. The average molecular weight is 251 g/mol. The third-order valence-electron chi connectivity index (χ3n) is 2.66. The highest BCUT2D eigenvalue weighted by atomic mass is 16.4. The Kier molecular flexibility index (Phi) is 4.71. The fourth-order valence-corrected chi connectivity index (χ4v) is 1.55. The van der Waals surface area contributed by atoms with Gasteiger partial charge in [0.1, 0.15) is 5.75 Å². The van der Waals surface area contributed by atoms with E-state index in [0.717, 1.165) is 0 Å². The van der Waals surface area contributed by atoms with Gasteiger partial charge >= 0.3 is 5.97 Å². The average Bonchev–Trinajstić information content (AvgIpc) is 2.27. The Balaban J connectivity index is 2.79. The second-order valence-corrected chi connectivity index (χ2v) is 4.44. The second kappa shape index (κ2) is 6.05. The van der Waals surface area contributed by atoms with Crippen LogP contribution in [0.2, 0.25) is 0 Å². The van der Waals surface area contributed by atoms with Gasteiger partial charge in [-0.25, -0.2) is 0 Å². The van der Waals surface area contributed by atoms with E-state index in [1.807, 2.05) is 13.8 Å². The van der Waals surface area contributed by atoms with Gasteiger partial charge in [-0.1, -0.05) is 26.0 Å². The number of phenols is 1. The predicted molar refractivity (Wildman–Crippen MR) is 66.5 cm³/mol. The molecule has 5 nitrogen and oxygen atoms in total. The first-order valence-corrected chi connectivity index (χ1v) is 5.72. The number of carbonyl (C=O) groups excluding carboxylic acids is 1. The van der Waals surface area contributed by atoms with E-state index in [-0.39, 0.29) is 23.7 Å². The van der Waals surface area contributed by atoms with Crippen LogP contribution in [-0.4, -0.2) is 28.1 Å². The molecule has 0 saturated heterocycles. The first-order chi connectivity index (χ1) is 8.41. The molecule has 0 saturated carbocycles. The van der Waals surface area contributed by atoms with Crippen molar-refractivity contribution in [2.75, 3.05) is 0 Å². The van der Waals surface area contributed by atoms with Crippen molar-refractivity contribution in [2.24, 2.45) is 5.92 Å². The molecule has 1 aromatic carbocycles. The summed E-state index contributed by atoms with van der Waals surface area (Å²) in [5.74, 6) is -1.55. The van der Waals surface area contributed by atoms with Crippen LogP contribution in [0.25, 0.3) is 0 Å². The van der Waals surface area contributed by atoms with Crippen molar-refractivity contribution in [1.29, 1.82) is 0 Å². The molecule has 1 rings (SSSR count). The number of carboxylic acid groups (broad SMARTS) is 1. The van der Waals surface area contributed by atoms with Crippen LogP contribution in [0.4, 0.5) is 0 Å². The lowest BCUT2D eigenvalue weighted by molar-refractivity contribution is -0.137. The number of benzene rings is 1. The SMILES string of the molecule is CC(C)C(CC(=O)O)NC(=O)c1ccccc1O. The summed E-state index contributed by atoms with van der Waals surface area (Å²) in [6.45, 7) is 3.66. The summed E-state index contributed by atoms with van der Waals surface area (Å²) in [6.07, 6.45) is -0.142. The fourth-order valence-electron chi connectivity index (χ4n) is 1.55. The Labute approximate surface area is 105 Å².